The van der Waals surface area contributed by atoms with Gasteiger partial charge in [0.2, 0.25) is 5.91 Å². The summed E-state index contributed by atoms with van der Waals surface area (Å²) in [5, 5.41) is 3.18. The van der Waals surface area contributed by atoms with Crippen LogP contribution in [-0.4, -0.2) is 18.0 Å². The molecule has 0 bridgehead atoms. The van der Waals surface area contributed by atoms with Gasteiger partial charge in [-0.2, -0.15) is 0 Å². The number of aromatic amines is 1. The molecule has 0 atom stereocenters. The standard InChI is InChI=1S/C16H13ClN2O4/c1-22-13-5-3-10(8-11(13)17)18-15(20)7-9-2-4-14-12(6-9)19-16(21)23-14/h2-6,8H,7H2,1H3,(H,18,20)(H,19,21). The first-order chi connectivity index (χ1) is 11.0. The Hall–Kier alpha value is -2.73. The quantitative estimate of drug-likeness (QED) is 0.769. The highest BCUT2D eigenvalue weighted by molar-refractivity contribution is 6.32. The number of benzene rings is 2. The average Bonchev–Trinajstić information content (AvgIpc) is 2.86. The lowest BCUT2D eigenvalue weighted by atomic mass is 10.1. The maximum absolute atomic E-state index is 12.1. The molecule has 2 N–H and O–H groups in total. The van der Waals surface area contributed by atoms with Crippen molar-refractivity contribution in [1.29, 1.82) is 0 Å². The minimum Gasteiger partial charge on any atom is -0.495 e. The number of halogens is 1. The molecule has 0 unspecified atom stereocenters. The molecule has 0 spiro atoms. The first kappa shape index (κ1) is 15.2. The fourth-order valence-electron chi connectivity index (χ4n) is 2.24. The molecule has 0 aliphatic rings. The number of oxazole rings is 1. The number of hydrogen-bond donors (Lipinski definition) is 2. The van der Waals surface area contributed by atoms with E-state index in [9.17, 15) is 9.59 Å². The molecule has 1 heterocycles. The van der Waals surface area contributed by atoms with E-state index in [1.807, 2.05) is 0 Å². The van der Waals surface area contributed by atoms with Crippen LogP contribution in [0.5, 0.6) is 5.75 Å². The Bertz CT molecular complexity index is 929. The molecule has 3 rings (SSSR count). The van der Waals surface area contributed by atoms with E-state index in [2.05, 4.69) is 10.3 Å². The van der Waals surface area contributed by atoms with E-state index >= 15 is 0 Å². The average molecular weight is 333 g/mol. The number of rotatable bonds is 4. The van der Waals surface area contributed by atoms with Crippen molar-refractivity contribution in [3.63, 3.8) is 0 Å². The van der Waals surface area contributed by atoms with Gasteiger partial charge in [0.1, 0.15) is 5.75 Å². The van der Waals surface area contributed by atoms with Crippen LogP contribution < -0.4 is 15.8 Å². The Morgan fingerprint density at radius 2 is 2.13 bits per heavy atom. The third-order valence-corrected chi connectivity index (χ3v) is 3.58. The number of methoxy groups -OCH3 is 1. The Balaban J connectivity index is 1.72. The third-order valence-electron chi connectivity index (χ3n) is 3.28. The maximum Gasteiger partial charge on any atom is 0.417 e. The summed E-state index contributed by atoms with van der Waals surface area (Å²) in [6.07, 6.45) is 0.160. The Kier molecular flexibility index (Phi) is 4.08. The van der Waals surface area contributed by atoms with Crippen molar-refractivity contribution in [2.24, 2.45) is 0 Å². The number of anilines is 1. The summed E-state index contributed by atoms with van der Waals surface area (Å²) in [5.41, 5.74) is 2.36. The first-order valence-electron chi connectivity index (χ1n) is 6.80. The van der Waals surface area contributed by atoms with Crippen molar-refractivity contribution in [2.45, 2.75) is 6.42 Å². The van der Waals surface area contributed by atoms with Crippen LogP contribution in [0, 0.1) is 0 Å². The normalized spacial score (nSPS) is 10.7. The minimum absolute atomic E-state index is 0.160. The van der Waals surface area contributed by atoms with Crippen LogP contribution in [0.25, 0.3) is 11.1 Å². The second kappa shape index (κ2) is 6.18. The predicted octanol–water partition coefficient (Wildman–Crippen LogP) is 2.96. The van der Waals surface area contributed by atoms with E-state index in [0.717, 1.165) is 5.56 Å². The van der Waals surface area contributed by atoms with Crippen LogP contribution in [-0.2, 0) is 11.2 Å². The Labute approximate surface area is 136 Å². The largest absolute Gasteiger partial charge is 0.495 e. The lowest BCUT2D eigenvalue weighted by Crippen LogP contribution is -2.14. The van der Waals surface area contributed by atoms with Crippen molar-refractivity contribution in [2.75, 3.05) is 12.4 Å². The molecule has 0 aliphatic heterocycles. The van der Waals surface area contributed by atoms with E-state index in [-0.39, 0.29) is 12.3 Å². The summed E-state index contributed by atoms with van der Waals surface area (Å²) in [7, 11) is 1.52. The molecular formula is C16H13ClN2O4. The van der Waals surface area contributed by atoms with Crippen molar-refractivity contribution >= 4 is 34.3 Å². The van der Waals surface area contributed by atoms with E-state index in [1.54, 1.807) is 36.4 Å². The summed E-state index contributed by atoms with van der Waals surface area (Å²) < 4.78 is 9.98. The summed E-state index contributed by atoms with van der Waals surface area (Å²) in [4.78, 5) is 25.8. The van der Waals surface area contributed by atoms with Gasteiger partial charge < -0.3 is 14.5 Å². The number of carbonyl (C=O) groups is 1. The second-order valence-corrected chi connectivity index (χ2v) is 5.33. The van der Waals surface area contributed by atoms with Gasteiger partial charge in [-0.3, -0.25) is 9.78 Å². The van der Waals surface area contributed by atoms with Gasteiger partial charge >= 0.3 is 5.76 Å². The highest BCUT2D eigenvalue weighted by Gasteiger charge is 2.08. The van der Waals surface area contributed by atoms with Gasteiger partial charge in [0.15, 0.2) is 5.58 Å². The number of carbonyl (C=O) groups excluding carboxylic acids is 1. The maximum atomic E-state index is 12.1. The number of amides is 1. The zero-order chi connectivity index (χ0) is 16.4. The van der Waals surface area contributed by atoms with Gasteiger partial charge in [0.25, 0.3) is 0 Å². The number of nitrogens with one attached hydrogen (secondary N) is 2. The van der Waals surface area contributed by atoms with Crippen LogP contribution in [0.3, 0.4) is 0 Å². The molecular weight excluding hydrogens is 320 g/mol. The topological polar surface area (TPSA) is 84.3 Å². The summed E-state index contributed by atoms with van der Waals surface area (Å²) in [5.74, 6) is -0.176. The fourth-order valence-corrected chi connectivity index (χ4v) is 2.50. The fraction of sp³-hybridized carbons (Fsp3) is 0.125. The Morgan fingerprint density at radius 3 is 2.87 bits per heavy atom. The smallest absolute Gasteiger partial charge is 0.417 e. The highest BCUT2D eigenvalue weighted by atomic mass is 35.5. The van der Waals surface area contributed by atoms with E-state index in [0.29, 0.717) is 27.6 Å². The van der Waals surface area contributed by atoms with E-state index in [1.165, 1.54) is 7.11 Å². The van der Waals surface area contributed by atoms with Crippen LogP contribution in [0.2, 0.25) is 5.02 Å². The number of hydrogen-bond acceptors (Lipinski definition) is 4. The molecule has 2 aromatic carbocycles. The second-order valence-electron chi connectivity index (χ2n) is 4.92. The molecule has 6 nitrogen and oxygen atoms in total. The van der Waals surface area contributed by atoms with Crippen LogP contribution >= 0.6 is 11.6 Å². The van der Waals surface area contributed by atoms with Crippen LogP contribution in [0.4, 0.5) is 5.69 Å². The zero-order valence-corrected chi connectivity index (χ0v) is 12.9. The van der Waals surface area contributed by atoms with E-state index in [4.69, 9.17) is 20.8 Å². The number of fused-ring (bicyclic) bond motifs is 1. The van der Waals surface area contributed by atoms with Crippen LogP contribution in [0.15, 0.2) is 45.6 Å². The van der Waals surface area contributed by atoms with Crippen LogP contribution in [0.1, 0.15) is 5.56 Å². The van der Waals surface area contributed by atoms with Crippen molar-refractivity contribution in [3.05, 3.63) is 57.5 Å². The van der Waals surface area contributed by atoms with Crippen molar-refractivity contribution in [3.8, 4) is 5.75 Å². The molecule has 7 heteroatoms. The SMILES string of the molecule is COc1ccc(NC(=O)Cc2ccc3oc(=O)[nH]c3c2)cc1Cl. The molecule has 1 amide bonds. The first-order valence-corrected chi connectivity index (χ1v) is 7.18. The molecule has 0 saturated carbocycles. The lowest BCUT2D eigenvalue weighted by molar-refractivity contribution is -0.115. The molecule has 0 radical (unpaired) electrons. The summed E-state index contributed by atoms with van der Waals surface area (Å²) >= 11 is 6.02. The van der Waals surface area contributed by atoms with E-state index < -0.39 is 5.76 Å². The summed E-state index contributed by atoms with van der Waals surface area (Å²) in [6, 6.07) is 10.1. The molecule has 0 fully saturated rings. The molecule has 23 heavy (non-hydrogen) atoms. The highest BCUT2D eigenvalue weighted by Crippen LogP contribution is 2.27. The number of H-pyrrole nitrogens is 1. The molecule has 118 valence electrons. The van der Waals surface area contributed by atoms with Crippen molar-refractivity contribution < 1.29 is 13.9 Å². The van der Waals surface area contributed by atoms with Gasteiger partial charge in [-0.1, -0.05) is 17.7 Å². The van der Waals surface area contributed by atoms with Gasteiger partial charge in [-0.25, -0.2) is 4.79 Å². The van der Waals surface area contributed by atoms with Gasteiger partial charge in [-0.05, 0) is 35.9 Å². The van der Waals surface area contributed by atoms with Crippen molar-refractivity contribution in [1.82, 2.24) is 4.98 Å². The Morgan fingerprint density at radius 1 is 1.30 bits per heavy atom. The molecule has 0 saturated heterocycles. The third kappa shape index (κ3) is 3.37. The van der Waals surface area contributed by atoms with Gasteiger partial charge in [-0.15, -0.1) is 0 Å². The molecule has 1 aromatic heterocycles. The predicted molar refractivity (Wildman–Crippen MR) is 87.2 cm³/mol. The number of ether oxygens (including phenoxy) is 1. The van der Waals surface area contributed by atoms with Gasteiger partial charge in [0.05, 0.1) is 24.1 Å². The van der Waals surface area contributed by atoms with Gasteiger partial charge in [0, 0.05) is 5.69 Å². The molecule has 3 aromatic rings. The monoisotopic (exact) mass is 332 g/mol. The minimum atomic E-state index is -0.519. The number of aromatic nitrogens is 1. The molecule has 0 aliphatic carbocycles. The summed E-state index contributed by atoms with van der Waals surface area (Å²) in [6.45, 7) is 0. The lowest BCUT2D eigenvalue weighted by Gasteiger charge is -2.08. The zero-order valence-electron chi connectivity index (χ0n) is 12.2.